The summed E-state index contributed by atoms with van der Waals surface area (Å²) in [5.74, 6) is 0. The second-order valence-electron chi connectivity index (χ2n) is 2.48. The van der Waals surface area contributed by atoms with Crippen molar-refractivity contribution in [3.05, 3.63) is 43.8 Å². The van der Waals surface area contributed by atoms with Crippen molar-refractivity contribution in [3.8, 4) is 0 Å². The Kier molecular flexibility index (Phi) is 2.21. The fourth-order valence-electron chi connectivity index (χ4n) is 1.07. The molecule has 2 aromatic heterocycles. The van der Waals surface area contributed by atoms with Crippen molar-refractivity contribution >= 4 is 37.5 Å². The molecular formula is C8H4Br2N2O. The molecule has 2 rings (SSSR count). The Labute approximate surface area is 90.7 Å². The predicted molar refractivity (Wildman–Crippen MR) is 56.9 cm³/mol. The molecule has 0 N–H and O–H groups in total. The molecule has 0 amide bonds. The van der Waals surface area contributed by atoms with Crippen LogP contribution in [0.3, 0.4) is 0 Å². The van der Waals surface area contributed by atoms with Crippen LogP contribution in [0.1, 0.15) is 0 Å². The molecule has 0 saturated carbocycles. The number of fused-ring (bicyclic) bond motifs is 1. The van der Waals surface area contributed by atoms with Crippen LogP contribution in [0, 0.1) is 0 Å². The lowest BCUT2D eigenvalue weighted by Crippen LogP contribution is -2.12. The van der Waals surface area contributed by atoms with Crippen LogP contribution in [0.5, 0.6) is 0 Å². The number of hydrogen-bond donors (Lipinski definition) is 0. The first-order chi connectivity index (χ1) is 6.18. The van der Waals surface area contributed by atoms with Crippen LogP contribution in [0.2, 0.25) is 0 Å². The minimum absolute atomic E-state index is 0.0907. The van der Waals surface area contributed by atoms with E-state index in [9.17, 15) is 4.79 Å². The highest BCUT2D eigenvalue weighted by molar-refractivity contribution is 9.11. The van der Waals surface area contributed by atoms with Gasteiger partial charge in [0.1, 0.15) is 0 Å². The van der Waals surface area contributed by atoms with Gasteiger partial charge in [0.2, 0.25) is 0 Å². The van der Waals surface area contributed by atoms with Gasteiger partial charge in [-0.1, -0.05) is 0 Å². The van der Waals surface area contributed by atoms with Crippen molar-refractivity contribution in [2.24, 2.45) is 0 Å². The smallest absolute Gasteiger partial charge is 0.257 e. The van der Waals surface area contributed by atoms with E-state index in [0.717, 1.165) is 8.95 Å². The first-order valence-electron chi connectivity index (χ1n) is 3.51. The van der Waals surface area contributed by atoms with E-state index in [1.807, 2.05) is 6.07 Å². The second kappa shape index (κ2) is 3.23. The van der Waals surface area contributed by atoms with Crippen LogP contribution in [0.25, 0.3) is 5.65 Å². The SMILES string of the molecule is O=c1ccnc2c(Br)cc(Br)cn12. The van der Waals surface area contributed by atoms with Gasteiger partial charge in [-0.3, -0.25) is 9.20 Å². The number of hydrogen-bond acceptors (Lipinski definition) is 2. The molecule has 0 radical (unpaired) electrons. The number of halogens is 2. The zero-order chi connectivity index (χ0) is 9.42. The number of nitrogens with zero attached hydrogens (tertiary/aromatic N) is 2. The second-order valence-corrected chi connectivity index (χ2v) is 4.25. The van der Waals surface area contributed by atoms with Crippen LogP contribution >= 0.6 is 31.9 Å². The number of rotatable bonds is 0. The van der Waals surface area contributed by atoms with Crippen LogP contribution < -0.4 is 5.56 Å². The third-order valence-corrected chi connectivity index (χ3v) is 2.63. The lowest BCUT2D eigenvalue weighted by molar-refractivity contribution is 1.03. The molecule has 0 fully saturated rings. The zero-order valence-electron chi connectivity index (χ0n) is 6.37. The summed E-state index contributed by atoms with van der Waals surface area (Å²) >= 11 is 6.63. The van der Waals surface area contributed by atoms with Gasteiger partial charge in [-0.05, 0) is 37.9 Å². The van der Waals surface area contributed by atoms with Crippen molar-refractivity contribution in [1.29, 1.82) is 0 Å². The summed E-state index contributed by atoms with van der Waals surface area (Å²) in [6.07, 6.45) is 3.19. The van der Waals surface area contributed by atoms with Crippen molar-refractivity contribution in [1.82, 2.24) is 9.38 Å². The summed E-state index contributed by atoms with van der Waals surface area (Å²) in [5.41, 5.74) is 0.530. The molecule has 0 aromatic carbocycles. The molecule has 0 saturated heterocycles. The van der Waals surface area contributed by atoms with Gasteiger partial charge in [0.15, 0.2) is 5.65 Å². The quantitative estimate of drug-likeness (QED) is 0.748. The molecule has 0 atom stereocenters. The van der Waals surface area contributed by atoms with Gasteiger partial charge in [0.25, 0.3) is 5.56 Å². The van der Waals surface area contributed by atoms with Crippen LogP contribution in [0.15, 0.2) is 38.3 Å². The van der Waals surface area contributed by atoms with Crippen LogP contribution in [0.4, 0.5) is 0 Å². The van der Waals surface area contributed by atoms with Crippen molar-refractivity contribution in [2.75, 3.05) is 0 Å². The summed E-state index contributed by atoms with van der Waals surface area (Å²) in [6.45, 7) is 0. The molecule has 0 bridgehead atoms. The average Bonchev–Trinajstić information content (AvgIpc) is 2.07. The Balaban J connectivity index is 3.03. The summed E-state index contributed by atoms with van der Waals surface area (Å²) in [5, 5.41) is 0. The highest BCUT2D eigenvalue weighted by atomic mass is 79.9. The summed E-state index contributed by atoms with van der Waals surface area (Å²) in [6, 6.07) is 3.27. The molecule has 5 heteroatoms. The van der Waals surface area contributed by atoms with E-state index in [4.69, 9.17) is 0 Å². The molecule has 13 heavy (non-hydrogen) atoms. The number of pyridine rings is 1. The van der Waals surface area contributed by atoms with Gasteiger partial charge in [0.05, 0.1) is 4.47 Å². The normalized spacial score (nSPS) is 10.6. The molecule has 2 aromatic rings. The van der Waals surface area contributed by atoms with E-state index >= 15 is 0 Å². The van der Waals surface area contributed by atoms with E-state index in [-0.39, 0.29) is 5.56 Å². The molecular weight excluding hydrogens is 300 g/mol. The minimum atomic E-state index is -0.0907. The van der Waals surface area contributed by atoms with Crippen LogP contribution in [-0.4, -0.2) is 9.38 Å². The van der Waals surface area contributed by atoms with Crippen LogP contribution in [-0.2, 0) is 0 Å². The zero-order valence-corrected chi connectivity index (χ0v) is 9.54. The predicted octanol–water partition coefficient (Wildman–Crippen LogP) is 2.22. The van der Waals surface area contributed by atoms with Gasteiger partial charge in [-0.15, -0.1) is 0 Å². The first kappa shape index (κ1) is 8.90. The fourth-order valence-corrected chi connectivity index (χ4v) is 2.35. The molecule has 0 aliphatic carbocycles. The largest absolute Gasteiger partial charge is 0.269 e. The molecule has 0 aliphatic rings. The van der Waals surface area contributed by atoms with E-state index < -0.39 is 0 Å². The standard InChI is InChI=1S/C8H4Br2N2O/c9-5-3-6(10)8-11-2-1-7(13)12(8)4-5/h1-4H. The Bertz CT molecular complexity index is 521. The Morgan fingerprint density at radius 1 is 1.38 bits per heavy atom. The van der Waals surface area contributed by atoms with Gasteiger partial charge in [-0.2, -0.15) is 0 Å². The topological polar surface area (TPSA) is 34.4 Å². The maximum atomic E-state index is 11.4. The maximum Gasteiger partial charge on any atom is 0.257 e. The van der Waals surface area contributed by atoms with E-state index in [1.54, 1.807) is 6.20 Å². The third-order valence-electron chi connectivity index (χ3n) is 1.61. The third kappa shape index (κ3) is 1.53. The van der Waals surface area contributed by atoms with Gasteiger partial charge < -0.3 is 0 Å². The van der Waals surface area contributed by atoms with E-state index in [2.05, 4.69) is 36.8 Å². The fraction of sp³-hybridized carbons (Fsp3) is 0. The Morgan fingerprint density at radius 3 is 2.92 bits per heavy atom. The average molecular weight is 304 g/mol. The number of aromatic nitrogens is 2. The van der Waals surface area contributed by atoms with Crippen molar-refractivity contribution in [2.45, 2.75) is 0 Å². The highest BCUT2D eigenvalue weighted by Gasteiger charge is 2.01. The van der Waals surface area contributed by atoms with Gasteiger partial charge in [-0.25, -0.2) is 4.98 Å². The van der Waals surface area contributed by atoms with E-state index in [1.165, 1.54) is 16.7 Å². The first-order valence-corrected chi connectivity index (χ1v) is 5.09. The monoisotopic (exact) mass is 302 g/mol. The molecule has 3 nitrogen and oxygen atoms in total. The van der Waals surface area contributed by atoms with E-state index in [0.29, 0.717) is 5.65 Å². The maximum absolute atomic E-state index is 11.4. The molecule has 0 spiro atoms. The lowest BCUT2D eigenvalue weighted by Gasteiger charge is -2.01. The highest BCUT2D eigenvalue weighted by Crippen LogP contribution is 2.19. The molecule has 0 unspecified atom stereocenters. The van der Waals surface area contributed by atoms with Crippen molar-refractivity contribution < 1.29 is 0 Å². The molecule has 2 heterocycles. The minimum Gasteiger partial charge on any atom is -0.269 e. The summed E-state index contributed by atoms with van der Waals surface area (Å²) < 4.78 is 3.11. The van der Waals surface area contributed by atoms with Crippen molar-refractivity contribution in [3.63, 3.8) is 0 Å². The van der Waals surface area contributed by atoms with Gasteiger partial charge in [0, 0.05) is 22.9 Å². The Morgan fingerprint density at radius 2 is 2.15 bits per heavy atom. The summed E-state index contributed by atoms with van der Waals surface area (Å²) in [4.78, 5) is 15.4. The Hall–Kier alpha value is -0.680. The lowest BCUT2D eigenvalue weighted by atomic mass is 10.4. The molecule has 66 valence electrons. The summed E-state index contributed by atoms with van der Waals surface area (Å²) in [7, 11) is 0. The van der Waals surface area contributed by atoms with Gasteiger partial charge >= 0.3 is 0 Å². The molecule has 0 aliphatic heterocycles.